The van der Waals surface area contributed by atoms with Crippen LogP contribution in [-0.4, -0.2) is 18.0 Å². The summed E-state index contributed by atoms with van der Waals surface area (Å²) in [4.78, 5) is 16.7. The van der Waals surface area contributed by atoms with Crippen LogP contribution in [-0.2, 0) is 0 Å². The van der Waals surface area contributed by atoms with Gasteiger partial charge in [0, 0.05) is 11.1 Å². The third kappa shape index (κ3) is 3.22. The van der Waals surface area contributed by atoms with Gasteiger partial charge < -0.3 is 15.8 Å². The first-order valence-electron chi connectivity index (χ1n) is 6.98. The number of ether oxygens (including phenoxy) is 1. The van der Waals surface area contributed by atoms with Crippen LogP contribution in [0, 0.1) is 0 Å². The normalized spacial score (nSPS) is 10.6. The minimum atomic E-state index is -0.371. The highest BCUT2D eigenvalue weighted by atomic mass is 35.5. The van der Waals surface area contributed by atoms with Gasteiger partial charge in [-0.1, -0.05) is 29.3 Å². The number of anilines is 2. The number of carbonyl (C=O) groups excluding carboxylic acids is 1. The van der Waals surface area contributed by atoms with Gasteiger partial charge in [0.25, 0.3) is 5.91 Å². The number of amides is 1. The minimum absolute atomic E-state index is 0.272. The summed E-state index contributed by atoms with van der Waals surface area (Å²) in [6.07, 6.45) is 0. The molecule has 3 rings (SSSR count). The van der Waals surface area contributed by atoms with E-state index in [-0.39, 0.29) is 27.3 Å². The smallest absolute Gasteiger partial charge is 0.274 e. The van der Waals surface area contributed by atoms with E-state index in [1.54, 1.807) is 25.3 Å². The number of nitrogens with two attached hydrogens (primary N) is 1. The van der Waals surface area contributed by atoms with Gasteiger partial charge in [-0.05, 0) is 36.4 Å². The van der Waals surface area contributed by atoms with Gasteiger partial charge in [-0.2, -0.15) is 0 Å². The van der Waals surface area contributed by atoms with E-state index >= 15 is 0 Å². The Bertz CT molecular complexity index is 921. The Hall–Kier alpha value is -2.50. The number of methoxy groups -OCH3 is 1. The molecule has 24 heavy (non-hydrogen) atoms. The quantitative estimate of drug-likeness (QED) is 0.678. The van der Waals surface area contributed by atoms with Crippen molar-refractivity contribution in [1.29, 1.82) is 0 Å². The number of hydrogen-bond donors (Lipinski definition) is 2. The van der Waals surface area contributed by atoms with E-state index in [4.69, 9.17) is 33.7 Å². The van der Waals surface area contributed by atoms with Crippen LogP contribution < -0.4 is 15.8 Å². The molecular weight excluding hydrogens is 349 g/mol. The molecule has 0 aliphatic carbocycles. The third-order valence-corrected chi connectivity index (χ3v) is 4.09. The second-order valence-corrected chi connectivity index (χ2v) is 5.88. The maximum atomic E-state index is 12.4. The molecule has 0 atom stereocenters. The largest absolute Gasteiger partial charge is 0.497 e. The highest BCUT2D eigenvalue weighted by molar-refractivity contribution is 6.39. The van der Waals surface area contributed by atoms with Crippen molar-refractivity contribution in [3.8, 4) is 5.75 Å². The summed E-state index contributed by atoms with van der Waals surface area (Å²) < 4.78 is 5.17. The van der Waals surface area contributed by atoms with Crippen LogP contribution in [0.15, 0.2) is 42.5 Å². The number of nitrogen functional groups attached to an aromatic ring is 1. The van der Waals surface area contributed by atoms with Gasteiger partial charge in [0.2, 0.25) is 0 Å². The zero-order chi connectivity index (χ0) is 17.3. The van der Waals surface area contributed by atoms with Crippen molar-refractivity contribution in [2.75, 3.05) is 18.2 Å². The third-order valence-electron chi connectivity index (χ3n) is 3.47. The molecule has 3 aromatic rings. The summed E-state index contributed by atoms with van der Waals surface area (Å²) in [5, 5.41) is 4.13. The molecule has 0 spiro atoms. The summed E-state index contributed by atoms with van der Waals surface area (Å²) in [6, 6.07) is 11.9. The Labute approximate surface area is 148 Å². The summed E-state index contributed by atoms with van der Waals surface area (Å²) in [5.74, 6) is 0.359. The van der Waals surface area contributed by atoms with Gasteiger partial charge in [0.15, 0.2) is 0 Å². The maximum absolute atomic E-state index is 12.4. The van der Waals surface area contributed by atoms with Crippen LogP contribution in [0.25, 0.3) is 10.9 Å². The summed E-state index contributed by atoms with van der Waals surface area (Å²) in [6.45, 7) is 0. The Morgan fingerprint density at radius 2 is 1.83 bits per heavy atom. The second kappa shape index (κ2) is 6.55. The van der Waals surface area contributed by atoms with Gasteiger partial charge in [-0.25, -0.2) is 4.98 Å². The lowest BCUT2D eigenvalue weighted by Crippen LogP contribution is -2.13. The molecule has 0 saturated carbocycles. The van der Waals surface area contributed by atoms with Crippen LogP contribution in [0.2, 0.25) is 10.0 Å². The van der Waals surface area contributed by atoms with Gasteiger partial charge >= 0.3 is 0 Å². The fraction of sp³-hybridized carbons (Fsp3) is 0.0588. The highest BCUT2D eigenvalue weighted by Gasteiger charge is 2.11. The fourth-order valence-electron chi connectivity index (χ4n) is 2.21. The molecular formula is C17H13Cl2N3O2. The second-order valence-electron chi connectivity index (χ2n) is 5.06. The average molecular weight is 362 g/mol. The number of halogens is 2. The SMILES string of the molecule is COc1ccc2nc(C(=O)Nc3cc(Cl)c(N)c(Cl)c3)ccc2c1. The van der Waals surface area contributed by atoms with Crippen molar-refractivity contribution in [2.24, 2.45) is 0 Å². The van der Waals surface area contributed by atoms with E-state index in [0.717, 1.165) is 11.1 Å². The first-order chi connectivity index (χ1) is 11.5. The molecule has 5 nitrogen and oxygen atoms in total. The van der Waals surface area contributed by atoms with Crippen molar-refractivity contribution in [2.45, 2.75) is 0 Å². The number of carbonyl (C=O) groups is 1. The van der Waals surface area contributed by atoms with E-state index in [1.807, 2.05) is 12.1 Å². The highest BCUT2D eigenvalue weighted by Crippen LogP contribution is 2.31. The number of benzene rings is 2. The van der Waals surface area contributed by atoms with E-state index in [0.29, 0.717) is 11.2 Å². The van der Waals surface area contributed by atoms with Gasteiger partial charge in [0.05, 0.1) is 28.4 Å². The minimum Gasteiger partial charge on any atom is -0.497 e. The number of nitrogens with zero attached hydrogens (tertiary/aromatic N) is 1. The van der Waals surface area contributed by atoms with Gasteiger partial charge in [0.1, 0.15) is 11.4 Å². The van der Waals surface area contributed by atoms with Crippen LogP contribution in [0.5, 0.6) is 5.75 Å². The van der Waals surface area contributed by atoms with Crippen molar-refractivity contribution < 1.29 is 9.53 Å². The van der Waals surface area contributed by atoms with Crippen molar-refractivity contribution in [3.05, 3.63) is 58.2 Å². The summed E-state index contributed by atoms with van der Waals surface area (Å²) in [5.41, 5.74) is 7.36. The predicted molar refractivity (Wildman–Crippen MR) is 97.1 cm³/mol. The zero-order valence-corrected chi connectivity index (χ0v) is 14.2. The number of pyridine rings is 1. The lowest BCUT2D eigenvalue weighted by Gasteiger charge is -2.09. The van der Waals surface area contributed by atoms with E-state index in [9.17, 15) is 4.79 Å². The summed E-state index contributed by atoms with van der Waals surface area (Å²) >= 11 is 11.9. The van der Waals surface area contributed by atoms with Crippen molar-refractivity contribution in [3.63, 3.8) is 0 Å². The van der Waals surface area contributed by atoms with Crippen LogP contribution in [0.4, 0.5) is 11.4 Å². The monoisotopic (exact) mass is 361 g/mol. The molecule has 0 saturated heterocycles. The number of fused-ring (bicyclic) bond motifs is 1. The molecule has 1 amide bonds. The molecule has 3 N–H and O–H groups in total. The standard InChI is InChI=1S/C17H13Cl2N3O2/c1-24-11-3-5-14-9(6-11)2-4-15(22-14)17(23)21-10-7-12(18)16(20)13(19)8-10/h2-8H,20H2,1H3,(H,21,23). The van der Waals surface area contributed by atoms with Gasteiger partial charge in [-0.3, -0.25) is 4.79 Å². The fourth-order valence-corrected chi connectivity index (χ4v) is 2.70. The molecule has 1 aromatic heterocycles. The number of hydrogen-bond acceptors (Lipinski definition) is 4. The van der Waals surface area contributed by atoms with Crippen LogP contribution >= 0.6 is 23.2 Å². The molecule has 122 valence electrons. The van der Waals surface area contributed by atoms with Crippen LogP contribution in [0.3, 0.4) is 0 Å². The predicted octanol–water partition coefficient (Wildman–Crippen LogP) is 4.38. The molecule has 0 aliphatic heterocycles. The van der Waals surface area contributed by atoms with E-state index in [1.165, 1.54) is 12.1 Å². The molecule has 0 unspecified atom stereocenters. The van der Waals surface area contributed by atoms with Crippen molar-refractivity contribution in [1.82, 2.24) is 4.98 Å². The van der Waals surface area contributed by atoms with Crippen molar-refractivity contribution >= 4 is 51.4 Å². The maximum Gasteiger partial charge on any atom is 0.274 e. The summed E-state index contributed by atoms with van der Waals surface area (Å²) in [7, 11) is 1.60. The molecule has 2 aromatic carbocycles. The topological polar surface area (TPSA) is 77.2 Å². The molecule has 0 fully saturated rings. The molecule has 0 bridgehead atoms. The number of rotatable bonds is 3. The Morgan fingerprint density at radius 1 is 1.12 bits per heavy atom. The first-order valence-corrected chi connectivity index (χ1v) is 7.74. The number of nitrogens with one attached hydrogen (secondary N) is 1. The lowest BCUT2D eigenvalue weighted by molar-refractivity contribution is 0.102. The Balaban J connectivity index is 1.88. The zero-order valence-electron chi connectivity index (χ0n) is 12.6. The van der Waals surface area contributed by atoms with E-state index in [2.05, 4.69) is 10.3 Å². The molecule has 0 radical (unpaired) electrons. The van der Waals surface area contributed by atoms with Crippen LogP contribution in [0.1, 0.15) is 10.5 Å². The van der Waals surface area contributed by atoms with Gasteiger partial charge in [-0.15, -0.1) is 0 Å². The first kappa shape index (κ1) is 16.4. The Kier molecular flexibility index (Phi) is 4.46. The molecule has 7 heteroatoms. The molecule has 0 aliphatic rings. The van der Waals surface area contributed by atoms with E-state index < -0.39 is 0 Å². The lowest BCUT2D eigenvalue weighted by atomic mass is 10.2. The molecule has 1 heterocycles. The Morgan fingerprint density at radius 3 is 2.50 bits per heavy atom. The number of aromatic nitrogens is 1. The average Bonchev–Trinajstić information content (AvgIpc) is 2.58.